The van der Waals surface area contributed by atoms with E-state index in [1.807, 2.05) is 19.1 Å². The molecule has 0 radical (unpaired) electrons. The molecular formula is C14H22O3. The molecule has 0 aliphatic rings. The van der Waals surface area contributed by atoms with Gasteiger partial charge < -0.3 is 14.6 Å². The molecule has 0 spiro atoms. The average Bonchev–Trinajstić information content (AvgIpc) is 2.36. The zero-order valence-corrected chi connectivity index (χ0v) is 10.9. The Morgan fingerprint density at radius 3 is 2.65 bits per heavy atom. The van der Waals surface area contributed by atoms with Gasteiger partial charge >= 0.3 is 0 Å². The van der Waals surface area contributed by atoms with Crippen molar-refractivity contribution in [2.24, 2.45) is 0 Å². The molecule has 3 nitrogen and oxygen atoms in total. The Hall–Kier alpha value is -1.06. The second kappa shape index (κ2) is 7.30. The molecule has 1 aromatic carbocycles. The first-order valence-corrected chi connectivity index (χ1v) is 6.15. The highest BCUT2D eigenvalue weighted by atomic mass is 16.7. The van der Waals surface area contributed by atoms with E-state index in [0.717, 1.165) is 24.2 Å². The summed E-state index contributed by atoms with van der Waals surface area (Å²) in [6.07, 6.45) is 2.32. The third kappa shape index (κ3) is 4.02. The van der Waals surface area contributed by atoms with Crippen LogP contribution >= 0.6 is 0 Å². The van der Waals surface area contributed by atoms with Crippen LogP contribution in [0, 0.1) is 0 Å². The predicted octanol–water partition coefficient (Wildman–Crippen LogP) is 3.07. The topological polar surface area (TPSA) is 38.7 Å². The van der Waals surface area contributed by atoms with E-state index in [4.69, 9.17) is 9.47 Å². The molecule has 1 atom stereocenters. The third-order valence-corrected chi connectivity index (χ3v) is 2.69. The van der Waals surface area contributed by atoms with Crippen molar-refractivity contribution in [3.8, 4) is 5.75 Å². The minimum Gasteiger partial charge on any atom is -0.467 e. The maximum absolute atomic E-state index is 9.91. The standard InChI is InChI=1S/C14H22O3/c1-4-6-11-7-8-12(13(15)5-2)14(9-11)17-10-16-3/h7-9,13,15H,4-6,10H2,1-3H3/t13-/m1/s1. The van der Waals surface area contributed by atoms with Crippen LogP contribution in [0.25, 0.3) is 0 Å². The van der Waals surface area contributed by atoms with Crippen molar-refractivity contribution in [2.75, 3.05) is 13.9 Å². The number of methoxy groups -OCH3 is 1. The molecule has 3 heteroatoms. The number of aliphatic hydroxyl groups excluding tert-OH is 1. The van der Waals surface area contributed by atoms with E-state index in [2.05, 4.69) is 13.0 Å². The van der Waals surface area contributed by atoms with Crippen molar-refractivity contribution >= 4 is 0 Å². The molecule has 17 heavy (non-hydrogen) atoms. The fourth-order valence-corrected chi connectivity index (χ4v) is 1.77. The van der Waals surface area contributed by atoms with Crippen molar-refractivity contribution in [1.29, 1.82) is 0 Å². The second-order valence-electron chi connectivity index (χ2n) is 4.10. The van der Waals surface area contributed by atoms with Crippen molar-refractivity contribution in [1.82, 2.24) is 0 Å². The van der Waals surface area contributed by atoms with Gasteiger partial charge in [-0.15, -0.1) is 0 Å². The second-order valence-corrected chi connectivity index (χ2v) is 4.10. The smallest absolute Gasteiger partial charge is 0.188 e. The molecule has 0 aliphatic heterocycles. The van der Waals surface area contributed by atoms with Crippen molar-refractivity contribution < 1.29 is 14.6 Å². The highest BCUT2D eigenvalue weighted by molar-refractivity contribution is 5.39. The van der Waals surface area contributed by atoms with E-state index in [1.54, 1.807) is 7.11 Å². The Morgan fingerprint density at radius 1 is 1.29 bits per heavy atom. The van der Waals surface area contributed by atoms with Crippen LogP contribution in [0.1, 0.15) is 43.9 Å². The maximum atomic E-state index is 9.91. The van der Waals surface area contributed by atoms with Crippen molar-refractivity contribution in [2.45, 2.75) is 39.2 Å². The summed E-state index contributed by atoms with van der Waals surface area (Å²) in [5.74, 6) is 0.729. The summed E-state index contributed by atoms with van der Waals surface area (Å²) < 4.78 is 10.4. The first-order chi connectivity index (χ1) is 8.22. The molecule has 0 unspecified atom stereocenters. The van der Waals surface area contributed by atoms with Crippen LogP contribution in [0.3, 0.4) is 0 Å². The Labute approximate surface area is 103 Å². The largest absolute Gasteiger partial charge is 0.467 e. The van der Waals surface area contributed by atoms with Crippen LogP contribution in [-0.2, 0) is 11.2 Å². The van der Waals surface area contributed by atoms with Crippen LogP contribution < -0.4 is 4.74 Å². The van der Waals surface area contributed by atoms with Gasteiger partial charge in [-0.1, -0.05) is 32.4 Å². The number of rotatable bonds is 7. The quantitative estimate of drug-likeness (QED) is 0.742. The van der Waals surface area contributed by atoms with E-state index in [9.17, 15) is 5.11 Å². The Morgan fingerprint density at radius 2 is 2.06 bits per heavy atom. The molecule has 0 aliphatic carbocycles. The lowest BCUT2D eigenvalue weighted by Crippen LogP contribution is -2.05. The molecule has 0 saturated heterocycles. The lowest BCUT2D eigenvalue weighted by Gasteiger charge is -2.16. The van der Waals surface area contributed by atoms with Gasteiger partial charge in [-0.05, 0) is 24.5 Å². The molecule has 0 fully saturated rings. The lowest BCUT2D eigenvalue weighted by molar-refractivity contribution is 0.0478. The number of hydrogen-bond donors (Lipinski definition) is 1. The summed E-state index contributed by atoms with van der Waals surface area (Å²) in [6, 6.07) is 6.00. The normalized spacial score (nSPS) is 12.5. The van der Waals surface area contributed by atoms with Crippen LogP contribution in [0.15, 0.2) is 18.2 Å². The van der Waals surface area contributed by atoms with Crippen LogP contribution in [0.2, 0.25) is 0 Å². The van der Waals surface area contributed by atoms with Crippen molar-refractivity contribution in [3.63, 3.8) is 0 Å². The van der Waals surface area contributed by atoms with Gasteiger partial charge in [-0.3, -0.25) is 0 Å². The predicted molar refractivity (Wildman–Crippen MR) is 68.2 cm³/mol. The molecule has 1 N–H and O–H groups in total. The fourth-order valence-electron chi connectivity index (χ4n) is 1.77. The fraction of sp³-hybridized carbons (Fsp3) is 0.571. The summed E-state index contributed by atoms with van der Waals surface area (Å²) in [4.78, 5) is 0. The van der Waals surface area contributed by atoms with Crippen LogP contribution in [0.4, 0.5) is 0 Å². The van der Waals surface area contributed by atoms with E-state index >= 15 is 0 Å². The van der Waals surface area contributed by atoms with Gasteiger partial charge in [-0.2, -0.15) is 0 Å². The summed E-state index contributed by atoms with van der Waals surface area (Å²) in [6.45, 7) is 4.30. The Bertz CT molecular complexity index is 336. The van der Waals surface area contributed by atoms with Gasteiger partial charge in [0.1, 0.15) is 5.75 Å². The van der Waals surface area contributed by atoms with E-state index in [1.165, 1.54) is 5.56 Å². The van der Waals surface area contributed by atoms with Gasteiger partial charge in [-0.25, -0.2) is 0 Å². The minimum atomic E-state index is -0.475. The molecule has 96 valence electrons. The van der Waals surface area contributed by atoms with Crippen molar-refractivity contribution in [3.05, 3.63) is 29.3 Å². The number of aliphatic hydroxyl groups is 1. The summed E-state index contributed by atoms with van der Waals surface area (Å²) in [5.41, 5.74) is 2.06. The molecule has 0 saturated carbocycles. The van der Waals surface area contributed by atoms with Gasteiger partial charge in [0.2, 0.25) is 0 Å². The van der Waals surface area contributed by atoms with Crippen LogP contribution in [0.5, 0.6) is 5.75 Å². The molecule has 1 rings (SSSR count). The zero-order chi connectivity index (χ0) is 12.7. The zero-order valence-electron chi connectivity index (χ0n) is 10.9. The number of aryl methyl sites for hydroxylation is 1. The van der Waals surface area contributed by atoms with E-state index in [0.29, 0.717) is 6.42 Å². The Kier molecular flexibility index (Phi) is 6.01. The number of benzene rings is 1. The first-order valence-electron chi connectivity index (χ1n) is 6.15. The summed E-state index contributed by atoms with van der Waals surface area (Å²) in [7, 11) is 1.59. The Balaban J connectivity index is 2.94. The summed E-state index contributed by atoms with van der Waals surface area (Å²) in [5, 5.41) is 9.91. The van der Waals surface area contributed by atoms with Gasteiger partial charge in [0.15, 0.2) is 6.79 Å². The monoisotopic (exact) mass is 238 g/mol. The number of hydrogen-bond acceptors (Lipinski definition) is 3. The maximum Gasteiger partial charge on any atom is 0.188 e. The molecular weight excluding hydrogens is 216 g/mol. The van der Waals surface area contributed by atoms with Gasteiger partial charge in [0, 0.05) is 12.7 Å². The first kappa shape index (κ1) is 14.0. The minimum absolute atomic E-state index is 0.207. The van der Waals surface area contributed by atoms with E-state index in [-0.39, 0.29) is 6.79 Å². The van der Waals surface area contributed by atoms with Gasteiger partial charge in [0.25, 0.3) is 0 Å². The highest BCUT2D eigenvalue weighted by Crippen LogP contribution is 2.28. The molecule has 1 aromatic rings. The lowest BCUT2D eigenvalue weighted by atomic mass is 10.0. The summed E-state index contributed by atoms with van der Waals surface area (Å²) >= 11 is 0. The number of ether oxygens (including phenoxy) is 2. The van der Waals surface area contributed by atoms with Gasteiger partial charge in [0.05, 0.1) is 6.10 Å². The third-order valence-electron chi connectivity index (χ3n) is 2.69. The molecule has 0 amide bonds. The average molecular weight is 238 g/mol. The molecule has 0 heterocycles. The van der Waals surface area contributed by atoms with Crippen LogP contribution in [-0.4, -0.2) is 19.0 Å². The van der Waals surface area contributed by atoms with E-state index < -0.39 is 6.10 Å². The molecule has 0 aromatic heterocycles. The highest BCUT2D eigenvalue weighted by Gasteiger charge is 2.12. The SMILES string of the molecule is CCCc1ccc([C@H](O)CC)c(OCOC)c1. The molecule has 0 bridgehead atoms.